The van der Waals surface area contributed by atoms with E-state index >= 15 is 0 Å². The molecule has 3 nitrogen and oxygen atoms in total. The predicted molar refractivity (Wildman–Crippen MR) is 66.7 cm³/mol. The van der Waals surface area contributed by atoms with Gasteiger partial charge in [0.25, 0.3) is 0 Å². The first-order valence-electron chi connectivity index (χ1n) is 6.02. The third-order valence-corrected chi connectivity index (χ3v) is 3.38. The fourth-order valence-electron chi connectivity index (χ4n) is 2.28. The van der Waals surface area contributed by atoms with Crippen LogP contribution in [0.3, 0.4) is 0 Å². The number of hydrogen-bond donors (Lipinski definition) is 1. The maximum absolute atomic E-state index is 13.2. The van der Waals surface area contributed by atoms with Gasteiger partial charge in [-0.25, -0.2) is 4.39 Å². The van der Waals surface area contributed by atoms with Crippen molar-refractivity contribution in [3.8, 4) is 0 Å². The lowest BCUT2D eigenvalue weighted by atomic mass is 10.2. The SMILES string of the molecule is CN1CCCN(c2cccc(F)c2)CC1CO. The monoisotopic (exact) mass is 238 g/mol. The van der Waals surface area contributed by atoms with Gasteiger partial charge in [0.05, 0.1) is 6.61 Å². The van der Waals surface area contributed by atoms with Crippen LogP contribution in [0.2, 0.25) is 0 Å². The Morgan fingerprint density at radius 3 is 2.94 bits per heavy atom. The topological polar surface area (TPSA) is 26.7 Å². The summed E-state index contributed by atoms with van der Waals surface area (Å²) in [5.74, 6) is -0.208. The van der Waals surface area contributed by atoms with Crippen LogP contribution in [0.25, 0.3) is 0 Å². The summed E-state index contributed by atoms with van der Waals surface area (Å²) in [6.45, 7) is 2.76. The second kappa shape index (κ2) is 5.47. The zero-order valence-corrected chi connectivity index (χ0v) is 10.1. The molecular formula is C13H19FN2O. The van der Waals surface area contributed by atoms with Gasteiger partial charge in [0, 0.05) is 24.8 Å². The van der Waals surface area contributed by atoms with Crippen LogP contribution in [0.1, 0.15) is 6.42 Å². The van der Waals surface area contributed by atoms with Crippen LogP contribution in [-0.2, 0) is 0 Å². The van der Waals surface area contributed by atoms with E-state index in [1.807, 2.05) is 13.1 Å². The highest BCUT2D eigenvalue weighted by Crippen LogP contribution is 2.19. The summed E-state index contributed by atoms with van der Waals surface area (Å²) >= 11 is 0. The summed E-state index contributed by atoms with van der Waals surface area (Å²) in [4.78, 5) is 4.31. The Bertz CT molecular complexity index is 372. The van der Waals surface area contributed by atoms with E-state index in [0.717, 1.165) is 31.7 Å². The van der Waals surface area contributed by atoms with E-state index in [0.29, 0.717) is 0 Å². The number of anilines is 1. The fraction of sp³-hybridized carbons (Fsp3) is 0.538. The molecule has 1 saturated heterocycles. The second-order valence-electron chi connectivity index (χ2n) is 4.60. The van der Waals surface area contributed by atoms with E-state index in [4.69, 9.17) is 0 Å². The molecule has 2 rings (SSSR count). The summed E-state index contributed by atoms with van der Waals surface area (Å²) in [5.41, 5.74) is 0.902. The van der Waals surface area contributed by atoms with Crippen molar-refractivity contribution >= 4 is 5.69 Å². The van der Waals surface area contributed by atoms with Crippen molar-refractivity contribution in [2.45, 2.75) is 12.5 Å². The number of likely N-dealkylation sites (N-methyl/N-ethyl adjacent to an activating group) is 1. The molecule has 0 saturated carbocycles. The van der Waals surface area contributed by atoms with Gasteiger partial charge in [0.2, 0.25) is 0 Å². The minimum Gasteiger partial charge on any atom is -0.395 e. The first-order valence-corrected chi connectivity index (χ1v) is 6.02. The van der Waals surface area contributed by atoms with Crippen LogP contribution in [0, 0.1) is 5.82 Å². The molecule has 17 heavy (non-hydrogen) atoms. The predicted octanol–water partition coefficient (Wildman–Crippen LogP) is 1.33. The van der Waals surface area contributed by atoms with Crippen molar-refractivity contribution in [3.05, 3.63) is 30.1 Å². The molecular weight excluding hydrogens is 219 g/mol. The third kappa shape index (κ3) is 2.96. The van der Waals surface area contributed by atoms with Crippen LogP contribution >= 0.6 is 0 Å². The summed E-state index contributed by atoms with van der Waals surface area (Å²) in [7, 11) is 2.02. The molecule has 1 aliphatic heterocycles. The summed E-state index contributed by atoms with van der Waals surface area (Å²) in [5, 5.41) is 9.36. The zero-order valence-electron chi connectivity index (χ0n) is 10.1. The average Bonchev–Trinajstić information content (AvgIpc) is 2.51. The molecule has 0 radical (unpaired) electrons. The normalized spacial score (nSPS) is 22.5. The van der Waals surface area contributed by atoms with Gasteiger partial charge in [-0.2, -0.15) is 0 Å². The molecule has 1 N–H and O–H groups in total. The van der Waals surface area contributed by atoms with E-state index in [9.17, 15) is 9.50 Å². The third-order valence-electron chi connectivity index (χ3n) is 3.38. The van der Waals surface area contributed by atoms with Gasteiger partial charge in [-0.05, 0) is 38.2 Å². The summed E-state index contributed by atoms with van der Waals surface area (Å²) in [6, 6.07) is 6.79. The first-order chi connectivity index (χ1) is 8.20. The van der Waals surface area contributed by atoms with Gasteiger partial charge < -0.3 is 10.0 Å². The molecule has 0 amide bonds. The Labute approximate surface area is 101 Å². The van der Waals surface area contributed by atoms with Gasteiger partial charge in [0.15, 0.2) is 0 Å². The van der Waals surface area contributed by atoms with E-state index in [1.165, 1.54) is 6.07 Å². The number of aliphatic hydroxyl groups is 1. The van der Waals surface area contributed by atoms with Crippen LogP contribution < -0.4 is 4.90 Å². The van der Waals surface area contributed by atoms with E-state index in [1.54, 1.807) is 12.1 Å². The van der Waals surface area contributed by atoms with Crippen molar-refractivity contribution in [1.82, 2.24) is 4.90 Å². The smallest absolute Gasteiger partial charge is 0.125 e. The number of benzene rings is 1. The van der Waals surface area contributed by atoms with Crippen molar-refractivity contribution in [2.24, 2.45) is 0 Å². The Morgan fingerprint density at radius 2 is 2.24 bits per heavy atom. The summed E-state index contributed by atoms with van der Waals surface area (Å²) < 4.78 is 13.2. The average molecular weight is 238 g/mol. The van der Waals surface area contributed by atoms with Crippen molar-refractivity contribution in [3.63, 3.8) is 0 Å². The molecule has 94 valence electrons. The molecule has 0 bridgehead atoms. The molecule has 1 aromatic carbocycles. The number of rotatable bonds is 2. The molecule has 1 unspecified atom stereocenters. The van der Waals surface area contributed by atoms with Crippen LogP contribution in [0.15, 0.2) is 24.3 Å². The molecule has 0 aliphatic carbocycles. The maximum Gasteiger partial charge on any atom is 0.125 e. The number of aliphatic hydroxyl groups excluding tert-OH is 1. The highest BCUT2D eigenvalue weighted by Gasteiger charge is 2.21. The molecule has 4 heteroatoms. The minimum absolute atomic E-state index is 0.126. The van der Waals surface area contributed by atoms with Gasteiger partial charge >= 0.3 is 0 Å². The van der Waals surface area contributed by atoms with Crippen molar-refractivity contribution in [2.75, 3.05) is 38.2 Å². The number of hydrogen-bond acceptors (Lipinski definition) is 3. The highest BCUT2D eigenvalue weighted by molar-refractivity contribution is 5.46. The molecule has 1 aliphatic rings. The second-order valence-corrected chi connectivity index (χ2v) is 4.60. The molecule has 0 spiro atoms. The number of nitrogens with zero attached hydrogens (tertiary/aromatic N) is 2. The quantitative estimate of drug-likeness (QED) is 0.842. The van der Waals surface area contributed by atoms with Crippen molar-refractivity contribution in [1.29, 1.82) is 0 Å². The number of halogens is 1. The largest absolute Gasteiger partial charge is 0.395 e. The molecule has 1 aromatic rings. The van der Waals surface area contributed by atoms with Crippen LogP contribution in [-0.4, -0.2) is 49.3 Å². The zero-order chi connectivity index (χ0) is 12.3. The Hall–Kier alpha value is -1.13. The van der Waals surface area contributed by atoms with Crippen LogP contribution in [0.5, 0.6) is 0 Å². The molecule has 1 heterocycles. The standard InChI is InChI=1S/C13H19FN2O/c1-15-6-3-7-16(9-13(15)10-17)12-5-2-4-11(14)8-12/h2,4-5,8,13,17H,3,6-7,9-10H2,1H3. The maximum atomic E-state index is 13.2. The Balaban J connectivity index is 2.15. The van der Waals surface area contributed by atoms with Gasteiger partial charge in [-0.1, -0.05) is 6.07 Å². The lowest BCUT2D eigenvalue weighted by molar-refractivity contribution is 0.159. The lowest BCUT2D eigenvalue weighted by Crippen LogP contribution is -2.41. The van der Waals surface area contributed by atoms with Gasteiger partial charge in [-0.3, -0.25) is 4.90 Å². The van der Waals surface area contributed by atoms with Gasteiger partial charge in [0.1, 0.15) is 5.82 Å². The van der Waals surface area contributed by atoms with E-state index in [2.05, 4.69) is 9.80 Å². The molecule has 1 atom stereocenters. The molecule has 1 fully saturated rings. The Morgan fingerprint density at radius 1 is 1.41 bits per heavy atom. The Kier molecular flexibility index (Phi) is 3.97. The van der Waals surface area contributed by atoms with Crippen LogP contribution in [0.4, 0.5) is 10.1 Å². The van der Waals surface area contributed by atoms with Crippen molar-refractivity contribution < 1.29 is 9.50 Å². The summed E-state index contributed by atoms with van der Waals surface area (Å²) in [6.07, 6.45) is 1.03. The first kappa shape index (κ1) is 12.3. The molecule has 0 aromatic heterocycles. The van der Waals surface area contributed by atoms with E-state index in [-0.39, 0.29) is 18.5 Å². The minimum atomic E-state index is -0.208. The highest BCUT2D eigenvalue weighted by atomic mass is 19.1. The van der Waals surface area contributed by atoms with E-state index < -0.39 is 0 Å². The van der Waals surface area contributed by atoms with Gasteiger partial charge in [-0.15, -0.1) is 0 Å². The lowest BCUT2D eigenvalue weighted by Gasteiger charge is -2.28. The fourth-order valence-corrected chi connectivity index (χ4v) is 2.28.